The Hall–Kier alpha value is -0.120. The monoisotopic (exact) mass is 242 g/mol. The first kappa shape index (κ1) is 14.9. The van der Waals surface area contributed by atoms with E-state index in [9.17, 15) is 5.11 Å². The van der Waals surface area contributed by atoms with Gasteiger partial charge in [-0.2, -0.15) is 0 Å². The quantitative estimate of drug-likeness (QED) is 0.715. The van der Waals surface area contributed by atoms with Crippen LogP contribution in [0.4, 0.5) is 0 Å². The molecule has 0 radical (unpaired) electrons. The van der Waals surface area contributed by atoms with Crippen molar-refractivity contribution in [3.05, 3.63) is 0 Å². The van der Waals surface area contributed by atoms with Crippen LogP contribution in [0.1, 0.15) is 46.5 Å². The van der Waals surface area contributed by atoms with Gasteiger partial charge >= 0.3 is 0 Å². The molecule has 0 saturated carbocycles. The maximum absolute atomic E-state index is 9.80. The fourth-order valence-corrected chi connectivity index (χ4v) is 2.49. The van der Waals surface area contributed by atoms with E-state index in [0.717, 1.165) is 25.4 Å². The lowest BCUT2D eigenvalue weighted by atomic mass is 9.98. The number of nitrogens with one attached hydrogen (secondary N) is 1. The van der Waals surface area contributed by atoms with Gasteiger partial charge in [0.2, 0.25) is 0 Å². The highest BCUT2D eigenvalue weighted by molar-refractivity contribution is 4.75. The van der Waals surface area contributed by atoms with Crippen LogP contribution in [0.5, 0.6) is 0 Å². The third-order valence-electron chi connectivity index (χ3n) is 3.50. The molecule has 1 fully saturated rings. The van der Waals surface area contributed by atoms with Gasteiger partial charge in [-0.1, -0.05) is 6.92 Å². The van der Waals surface area contributed by atoms with Crippen LogP contribution in [0.2, 0.25) is 0 Å². The number of hydrogen-bond donors (Lipinski definition) is 2. The van der Waals surface area contributed by atoms with Gasteiger partial charge in [-0.05, 0) is 65.1 Å². The minimum absolute atomic E-state index is 0.531. The summed E-state index contributed by atoms with van der Waals surface area (Å²) in [5.74, 6) is 0.803. The predicted octanol–water partition coefficient (Wildman–Crippen LogP) is 1.86. The third-order valence-corrected chi connectivity index (χ3v) is 3.50. The molecule has 1 heterocycles. The van der Waals surface area contributed by atoms with Crippen molar-refractivity contribution in [1.82, 2.24) is 10.2 Å². The zero-order chi connectivity index (χ0) is 12.7. The van der Waals surface area contributed by atoms with Crippen molar-refractivity contribution < 1.29 is 5.11 Å². The molecule has 0 spiro atoms. The zero-order valence-electron chi connectivity index (χ0n) is 11.8. The van der Waals surface area contributed by atoms with Crippen LogP contribution in [0.25, 0.3) is 0 Å². The number of hydrogen-bond acceptors (Lipinski definition) is 3. The second kappa shape index (κ2) is 7.34. The smallest absolute Gasteiger partial charge is 0.0603 e. The molecule has 17 heavy (non-hydrogen) atoms. The molecular formula is C14H30N2O. The van der Waals surface area contributed by atoms with Crippen LogP contribution in [-0.2, 0) is 0 Å². The summed E-state index contributed by atoms with van der Waals surface area (Å²) < 4.78 is 0. The fourth-order valence-electron chi connectivity index (χ4n) is 2.49. The van der Waals surface area contributed by atoms with E-state index < -0.39 is 5.60 Å². The van der Waals surface area contributed by atoms with E-state index in [1.54, 1.807) is 0 Å². The summed E-state index contributed by atoms with van der Waals surface area (Å²) in [6.45, 7) is 11.8. The van der Waals surface area contributed by atoms with Crippen molar-refractivity contribution in [2.75, 3.05) is 32.7 Å². The van der Waals surface area contributed by atoms with Crippen LogP contribution in [0, 0.1) is 5.92 Å². The minimum Gasteiger partial charge on any atom is -0.390 e. The number of rotatable bonds is 7. The number of piperidine rings is 1. The average Bonchev–Trinajstić information content (AvgIpc) is 2.27. The molecule has 3 heteroatoms. The van der Waals surface area contributed by atoms with Gasteiger partial charge < -0.3 is 15.3 Å². The Morgan fingerprint density at radius 3 is 2.65 bits per heavy atom. The van der Waals surface area contributed by atoms with Crippen molar-refractivity contribution in [3.8, 4) is 0 Å². The van der Waals surface area contributed by atoms with Crippen molar-refractivity contribution in [1.29, 1.82) is 0 Å². The summed E-state index contributed by atoms with van der Waals surface area (Å²) in [5.41, 5.74) is -0.531. The molecule has 0 aromatic rings. The lowest BCUT2D eigenvalue weighted by molar-refractivity contribution is 0.0546. The van der Waals surface area contributed by atoms with E-state index in [2.05, 4.69) is 17.1 Å². The van der Waals surface area contributed by atoms with Crippen molar-refractivity contribution >= 4 is 0 Å². The highest BCUT2D eigenvalue weighted by atomic mass is 16.3. The van der Waals surface area contributed by atoms with E-state index in [4.69, 9.17) is 0 Å². The van der Waals surface area contributed by atoms with Crippen LogP contribution in [0.15, 0.2) is 0 Å². The molecular weight excluding hydrogens is 212 g/mol. The molecule has 0 aromatic heterocycles. The first-order valence-corrected chi connectivity index (χ1v) is 7.16. The normalized spacial score (nSPS) is 22.1. The Morgan fingerprint density at radius 1 is 1.35 bits per heavy atom. The average molecular weight is 242 g/mol. The highest BCUT2D eigenvalue weighted by Crippen LogP contribution is 2.14. The molecule has 1 unspecified atom stereocenters. The summed E-state index contributed by atoms with van der Waals surface area (Å²) in [7, 11) is 0. The van der Waals surface area contributed by atoms with Gasteiger partial charge in [-0.25, -0.2) is 0 Å². The van der Waals surface area contributed by atoms with Gasteiger partial charge in [-0.15, -0.1) is 0 Å². The number of nitrogens with zero attached hydrogens (tertiary/aromatic N) is 1. The zero-order valence-corrected chi connectivity index (χ0v) is 11.8. The molecule has 1 aliphatic rings. The number of aliphatic hydroxyl groups is 1. The van der Waals surface area contributed by atoms with Gasteiger partial charge in [0.15, 0.2) is 0 Å². The Bertz CT molecular complexity index is 195. The summed E-state index contributed by atoms with van der Waals surface area (Å²) >= 11 is 0. The predicted molar refractivity (Wildman–Crippen MR) is 73.2 cm³/mol. The largest absolute Gasteiger partial charge is 0.390 e. The van der Waals surface area contributed by atoms with Gasteiger partial charge in [0.1, 0.15) is 0 Å². The lowest BCUT2D eigenvalue weighted by Gasteiger charge is -2.31. The molecule has 1 atom stereocenters. The molecule has 3 nitrogen and oxygen atoms in total. The molecule has 102 valence electrons. The SMILES string of the molecule is CCCN(CCC(C)(C)O)CC1CCCNC1. The minimum atomic E-state index is -0.531. The Balaban J connectivity index is 2.31. The Labute approximate surface area is 107 Å². The Morgan fingerprint density at radius 2 is 2.12 bits per heavy atom. The summed E-state index contributed by atoms with van der Waals surface area (Å²) in [5, 5.41) is 13.3. The maximum atomic E-state index is 9.80. The van der Waals surface area contributed by atoms with Gasteiger partial charge in [-0.3, -0.25) is 0 Å². The van der Waals surface area contributed by atoms with Crippen LogP contribution in [0.3, 0.4) is 0 Å². The summed E-state index contributed by atoms with van der Waals surface area (Å²) in [6.07, 6.45) is 4.74. The van der Waals surface area contributed by atoms with Crippen molar-refractivity contribution in [3.63, 3.8) is 0 Å². The Kier molecular flexibility index (Phi) is 6.45. The van der Waals surface area contributed by atoms with Crippen LogP contribution < -0.4 is 5.32 Å². The highest BCUT2D eigenvalue weighted by Gasteiger charge is 2.19. The van der Waals surface area contributed by atoms with Crippen molar-refractivity contribution in [2.24, 2.45) is 5.92 Å². The molecule has 1 aliphatic heterocycles. The molecule has 2 N–H and O–H groups in total. The first-order chi connectivity index (χ1) is 8.01. The van der Waals surface area contributed by atoms with E-state index >= 15 is 0 Å². The molecule has 0 aromatic carbocycles. The first-order valence-electron chi connectivity index (χ1n) is 7.16. The second-order valence-corrected chi connectivity index (χ2v) is 6.08. The lowest BCUT2D eigenvalue weighted by Crippen LogP contribution is -2.40. The molecule has 0 bridgehead atoms. The molecule has 1 rings (SSSR count). The molecule has 1 saturated heterocycles. The van der Waals surface area contributed by atoms with E-state index in [0.29, 0.717) is 0 Å². The summed E-state index contributed by atoms with van der Waals surface area (Å²) in [4.78, 5) is 2.52. The third kappa shape index (κ3) is 7.02. The van der Waals surface area contributed by atoms with E-state index in [-0.39, 0.29) is 0 Å². The topological polar surface area (TPSA) is 35.5 Å². The summed E-state index contributed by atoms with van der Waals surface area (Å²) in [6, 6.07) is 0. The standard InChI is InChI=1S/C14H30N2O/c1-4-9-16(10-7-14(2,3)17)12-13-6-5-8-15-11-13/h13,15,17H,4-12H2,1-3H3. The van der Waals surface area contributed by atoms with E-state index in [1.807, 2.05) is 13.8 Å². The van der Waals surface area contributed by atoms with Crippen LogP contribution in [-0.4, -0.2) is 48.3 Å². The molecule has 0 aliphatic carbocycles. The van der Waals surface area contributed by atoms with Crippen molar-refractivity contribution in [2.45, 2.75) is 52.1 Å². The van der Waals surface area contributed by atoms with E-state index in [1.165, 1.54) is 38.9 Å². The fraction of sp³-hybridized carbons (Fsp3) is 1.00. The van der Waals surface area contributed by atoms with Gasteiger partial charge in [0.05, 0.1) is 5.60 Å². The maximum Gasteiger partial charge on any atom is 0.0603 e. The molecule has 0 amide bonds. The van der Waals surface area contributed by atoms with Gasteiger partial charge in [0, 0.05) is 13.1 Å². The van der Waals surface area contributed by atoms with Crippen LogP contribution >= 0.6 is 0 Å². The van der Waals surface area contributed by atoms with Gasteiger partial charge in [0.25, 0.3) is 0 Å². The second-order valence-electron chi connectivity index (χ2n) is 6.08.